The maximum Gasteiger partial charge on any atom is 0.339 e. The van der Waals surface area contributed by atoms with Crippen LogP contribution in [0.2, 0.25) is 0 Å². The molecule has 0 unspecified atom stereocenters. The number of nitrogens with zero attached hydrogens (tertiary/aromatic N) is 1. The SMILES string of the molecule is O=C(COC(=O)c1cc(-c2ccc(-c3ccccc3)cc2)nc2ccccc12)NC[C@H]1CCCO1. The molecule has 1 aromatic heterocycles. The summed E-state index contributed by atoms with van der Waals surface area (Å²) in [6, 6.07) is 27.4. The van der Waals surface area contributed by atoms with Gasteiger partial charge in [0.05, 0.1) is 22.9 Å². The number of pyridine rings is 1. The second-order valence-electron chi connectivity index (χ2n) is 8.53. The number of carbonyl (C=O) groups excluding carboxylic acids is 2. The standard InChI is InChI=1S/C29H26N2O4/c32-28(30-18-23-9-6-16-34-23)19-35-29(33)25-17-27(31-26-11-5-4-10-24(25)26)22-14-12-21(13-15-22)20-7-2-1-3-8-20/h1-5,7-8,10-15,17,23H,6,9,16,18-19H2,(H,30,32)/t23-/m1/s1. The molecular formula is C29H26N2O4. The number of hydrogen-bond donors (Lipinski definition) is 1. The van der Waals surface area contributed by atoms with Gasteiger partial charge in [-0.25, -0.2) is 9.78 Å². The van der Waals surface area contributed by atoms with E-state index in [2.05, 4.69) is 17.4 Å². The minimum Gasteiger partial charge on any atom is -0.452 e. The van der Waals surface area contributed by atoms with Gasteiger partial charge in [-0.05, 0) is 36.1 Å². The Balaban J connectivity index is 1.34. The summed E-state index contributed by atoms with van der Waals surface area (Å²) in [4.78, 5) is 29.9. The Hall–Kier alpha value is -4.03. The summed E-state index contributed by atoms with van der Waals surface area (Å²) in [5.74, 6) is -0.901. The third-order valence-electron chi connectivity index (χ3n) is 6.11. The number of hydrogen-bond acceptors (Lipinski definition) is 5. The van der Waals surface area contributed by atoms with Gasteiger partial charge in [0.1, 0.15) is 0 Å². The first-order chi connectivity index (χ1) is 17.2. The van der Waals surface area contributed by atoms with Crippen LogP contribution in [-0.2, 0) is 14.3 Å². The van der Waals surface area contributed by atoms with Crippen LogP contribution in [0, 0.1) is 0 Å². The van der Waals surface area contributed by atoms with Crippen LogP contribution < -0.4 is 5.32 Å². The Morgan fingerprint density at radius 3 is 2.40 bits per heavy atom. The zero-order chi connectivity index (χ0) is 24.0. The van der Waals surface area contributed by atoms with E-state index < -0.39 is 5.97 Å². The van der Waals surface area contributed by atoms with E-state index in [-0.39, 0.29) is 18.6 Å². The molecule has 1 amide bonds. The molecule has 3 aromatic carbocycles. The van der Waals surface area contributed by atoms with Crippen molar-refractivity contribution in [3.05, 3.63) is 90.5 Å². The number of fused-ring (bicyclic) bond motifs is 1. The number of nitrogens with one attached hydrogen (secondary N) is 1. The van der Waals surface area contributed by atoms with Crippen LogP contribution in [-0.4, -0.2) is 42.7 Å². The smallest absolute Gasteiger partial charge is 0.339 e. The van der Waals surface area contributed by atoms with Gasteiger partial charge in [0, 0.05) is 24.1 Å². The molecule has 1 saturated heterocycles. The van der Waals surface area contributed by atoms with Crippen molar-refractivity contribution in [2.45, 2.75) is 18.9 Å². The van der Waals surface area contributed by atoms with E-state index in [9.17, 15) is 9.59 Å². The Morgan fingerprint density at radius 2 is 1.63 bits per heavy atom. The van der Waals surface area contributed by atoms with Crippen LogP contribution in [0.1, 0.15) is 23.2 Å². The van der Waals surface area contributed by atoms with E-state index in [1.807, 2.05) is 66.7 Å². The molecule has 1 aliphatic rings. The third-order valence-corrected chi connectivity index (χ3v) is 6.11. The average Bonchev–Trinajstić information content (AvgIpc) is 3.44. The summed E-state index contributed by atoms with van der Waals surface area (Å²) >= 11 is 0. The van der Waals surface area contributed by atoms with Gasteiger partial charge in [-0.3, -0.25) is 4.79 Å². The Kier molecular flexibility index (Phi) is 6.82. The number of rotatable bonds is 7. The zero-order valence-electron chi connectivity index (χ0n) is 19.3. The minimum absolute atomic E-state index is 0.0367. The topological polar surface area (TPSA) is 77.5 Å². The number of benzene rings is 3. The lowest BCUT2D eigenvalue weighted by Gasteiger charge is -2.12. The molecule has 6 nitrogen and oxygen atoms in total. The number of esters is 1. The zero-order valence-corrected chi connectivity index (χ0v) is 19.3. The highest BCUT2D eigenvalue weighted by Gasteiger charge is 2.19. The molecule has 35 heavy (non-hydrogen) atoms. The average molecular weight is 467 g/mol. The summed E-state index contributed by atoms with van der Waals surface area (Å²) in [7, 11) is 0. The van der Waals surface area contributed by atoms with Crippen molar-refractivity contribution in [3.8, 4) is 22.4 Å². The summed E-state index contributed by atoms with van der Waals surface area (Å²) in [6.07, 6.45) is 1.97. The summed E-state index contributed by atoms with van der Waals surface area (Å²) in [6.45, 7) is 0.808. The van der Waals surface area contributed by atoms with Gasteiger partial charge in [0.15, 0.2) is 6.61 Å². The van der Waals surface area contributed by atoms with Crippen molar-refractivity contribution in [1.29, 1.82) is 0 Å². The maximum absolute atomic E-state index is 13.0. The fraction of sp³-hybridized carbons (Fsp3) is 0.207. The van der Waals surface area contributed by atoms with Crippen molar-refractivity contribution >= 4 is 22.8 Å². The fourth-order valence-electron chi connectivity index (χ4n) is 4.25. The van der Waals surface area contributed by atoms with Crippen LogP contribution >= 0.6 is 0 Å². The monoisotopic (exact) mass is 466 g/mol. The molecular weight excluding hydrogens is 440 g/mol. The predicted octanol–water partition coefficient (Wildman–Crippen LogP) is 5.02. The van der Waals surface area contributed by atoms with E-state index in [1.165, 1.54) is 0 Å². The number of para-hydroxylation sites is 1. The minimum atomic E-state index is -0.557. The van der Waals surface area contributed by atoms with E-state index in [4.69, 9.17) is 14.5 Å². The van der Waals surface area contributed by atoms with Crippen molar-refractivity contribution in [2.24, 2.45) is 0 Å². The van der Waals surface area contributed by atoms with Crippen LogP contribution in [0.3, 0.4) is 0 Å². The van der Waals surface area contributed by atoms with Gasteiger partial charge in [-0.1, -0.05) is 72.8 Å². The Bertz CT molecular complexity index is 1330. The second kappa shape index (κ2) is 10.5. The number of ether oxygens (including phenoxy) is 2. The van der Waals surface area contributed by atoms with Crippen LogP contribution in [0.25, 0.3) is 33.3 Å². The molecule has 1 aliphatic heterocycles. The van der Waals surface area contributed by atoms with Crippen LogP contribution in [0.15, 0.2) is 84.9 Å². The van der Waals surface area contributed by atoms with E-state index in [0.29, 0.717) is 28.7 Å². The number of amides is 1. The normalized spacial score (nSPS) is 15.1. The van der Waals surface area contributed by atoms with Gasteiger partial charge in [0.25, 0.3) is 5.91 Å². The quantitative estimate of drug-likeness (QED) is 0.387. The van der Waals surface area contributed by atoms with Crippen molar-refractivity contribution in [1.82, 2.24) is 10.3 Å². The lowest BCUT2D eigenvalue weighted by atomic mass is 10.0. The highest BCUT2D eigenvalue weighted by molar-refractivity contribution is 6.05. The molecule has 6 heteroatoms. The molecule has 0 bridgehead atoms. The van der Waals surface area contributed by atoms with Gasteiger partial charge in [-0.2, -0.15) is 0 Å². The first-order valence-corrected chi connectivity index (χ1v) is 11.8. The first-order valence-electron chi connectivity index (χ1n) is 11.8. The summed E-state index contributed by atoms with van der Waals surface area (Å²) in [5.41, 5.74) is 4.85. The van der Waals surface area contributed by atoms with Gasteiger partial charge in [-0.15, -0.1) is 0 Å². The second-order valence-corrected chi connectivity index (χ2v) is 8.53. The molecule has 2 heterocycles. The van der Waals surface area contributed by atoms with Crippen LogP contribution in [0.5, 0.6) is 0 Å². The van der Waals surface area contributed by atoms with Crippen molar-refractivity contribution in [3.63, 3.8) is 0 Å². The Morgan fingerprint density at radius 1 is 0.914 bits per heavy atom. The molecule has 0 spiro atoms. The molecule has 0 aliphatic carbocycles. The molecule has 5 rings (SSSR count). The van der Waals surface area contributed by atoms with Gasteiger partial charge >= 0.3 is 5.97 Å². The molecule has 1 atom stereocenters. The molecule has 4 aromatic rings. The molecule has 1 fully saturated rings. The van der Waals surface area contributed by atoms with Crippen molar-refractivity contribution < 1.29 is 19.1 Å². The third kappa shape index (κ3) is 5.39. The largest absolute Gasteiger partial charge is 0.452 e. The number of carbonyl (C=O) groups is 2. The maximum atomic E-state index is 13.0. The van der Waals surface area contributed by atoms with Crippen LogP contribution in [0.4, 0.5) is 0 Å². The molecule has 0 radical (unpaired) electrons. The predicted molar refractivity (Wildman–Crippen MR) is 135 cm³/mol. The Labute approximate surface area is 203 Å². The highest BCUT2D eigenvalue weighted by atomic mass is 16.5. The molecule has 0 saturated carbocycles. The van der Waals surface area contributed by atoms with E-state index in [0.717, 1.165) is 36.1 Å². The van der Waals surface area contributed by atoms with Gasteiger partial charge in [0.2, 0.25) is 0 Å². The summed E-state index contributed by atoms with van der Waals surface area (Å²) < 4.78 is 10.9. The fourth-order valence-corrected chi connectivity index (χ4v) is 4.25. The lowest BCUT2D eigenvalue weighted by Crippen LogP contribution is -2.34. The number of aromatic nitrogens is 1. The van der Waals surface area contributed by atoms with E-state index in [1.54, 1.807) is 6.07 Å². The highest BCUT2D eigenvalue weighted by Crippen LogP contribution is 2.28. The van der Waals surface area contributed by atoms with Gasteiger partial charge < -0.3 is 14.8 Å². The van der Waals surface area contributed by atoms with E-state index >= 15 is 0 Å². The lowest BCUT2D eigenvalue weighted by molar-refractivity contribution is -0.124. The first kappa shape index (κ1) is 22.7. The molecule has 176 valence electrons. The summed E-state index contributed by atoms with van der Waals surface area (Å²) in [5, 5.41) is 3.45. The van der Waals surface area contributed by atoms with Crippen molar-refractivity contribution in [2.75, 3.05) is 19.8 Å². The molecule has 1 N–H and O–H groups in total.